The second-order valence-corrected chi connectivity index (χ2v) is 3.29. The highest BCUT2D eigenvalue weighted by molar-refractivity contribution is 5.51. The zero-order valence-electron chi connectivity index (χ0n) is 9.49. The topological polar surface area (TPSA) is 35.5 Å². The van der Waals surface area contributed by atoms with Gasteiger partial charge in [0.2, 0.25) is 0 Å². The summed E-state index contributed by atoms with van der Waals surface area (Å²) in [5, 5.41) is 0. The Hall–Kier alpha value is -1.65. The first-order valence-corrected chi connectivity index (χ1v) is 5.31. The predicted octanol–water partition coefficient (Wildman–Crippen LogP) is 2.82. The first-order valence-electron chi connectivity index (χ1n) is 5.31. The maximum Gasteiger partial charge on any atom is 0.387 e. The van der Waals surface area contributed by atoms with Crippen LogP contribution in [0.2, 0.25) is 0 Å². The summed E-state index contributed by atoms with van der Waals surface area (Å²) in [6.07, 6.45) is 1.35. The molecule has 3 nitrogen and oxygen atoms in total. The molecule has 17 heavy (non-hydrogen) atoms. The summed E-state index contributed by atoms with van der Waals surface area (Å²) >= 11 is 0. The molecule has 0 aliphatic heterocycles. The standard InChI is InChI=1S/C12H14F2O3/c1-2-16-10-5-6-11(17-12(13)14)9(8-10)4-3-7-15/h5-8,12H,2-4H2,1H3. The highest BCUT2D eigenvalue weighted by Gasteiger charge is 2.10. The van der Waals surface area contributed by atoms with E-state index in [1.54, 1.807) is 12.1 Å². The van der Waals surface area contributed by atoms with Gasteiger partial charge >= 0.3 is 6.61 Å². The average molecular weight is 244 g/mol. The second-order valence-electron chi connectivity index (χ2n) is 3.29. The van der Waals surface area contributed by atoms with Crippen molar-refractivity contribution in [2.75, 3.05) is 6.61 Å². The molecular formula is C12H14F2O3. The number of rotatable bonds is 7. The van der Waals surface area contributed by atoms with Crippen LogP contribution < -0.4 is 9.47 Å². The van der Waals surface area contributed by atoms with Gasteiger partial charge in [-0.2, -0.15) is 8.78 Å². The fraction of sp³-hybridized carbons (Fsp3) is 0.417. The summed E-state index contributed by atoms with van der Waals surface area (Å²) in [4.78, 5) is 10.3. The zero-order valence-corrected chi connectivity index (χ0v) is 9.49. The van der Waals surface area contributed by atoms with Crippen LogP contribution in [0.3, 0.4) is 0 Å². The van der Waals surface area contributed by atoms with Crippen LogP contribution in [0.4, 0.5) is 8.78 Å². The Balaban J connectivity index is 2.89. The lowest BCUT2D eigenvalue weighted by atomic mass is 10.1. The molecule has 0 radical (unpaired) electrons. The van der Waals surface area contributed by atoms with Crippen LogP contribution in [0.5, 0.6) is 11.5 Å². The summed E-state index contributed by atoms with van der Waals surface area (Å²) < 4.78 is 33.9. The molecule has 0 aromatic heterocycles. The van der Waals surface area contributed by atoms with Crippen LogP contribution in [0.1, 0.15) is 18.9 Å². The van der Waals surface area contributed by atoms with Gasteiger partial charge in [0.05, 0.1) is 6.61 Å². The number of aldehydes is 1. The van der Waals surface area contributed by atoms with Crippen molar-refractivity contribution in [1.82, 2.24) is 0 Å². The van der Waals surface area contributed by atoms with E-state index in [9.17, 15) is 13.6 Å². The van der Waals surface area contributed by atoms with Gasteiger partial charge < -0.3 is 14.3 Å². The highest BCUT2D eigenvalue weighted by atomic mass is 19.3. The van der Waals surface area contributed by atoms with Crippen molar-refractivity contribution in [3.8, 4) is 11.5 Å². The summed E-state index contributed by atoms with van der Waals surface area (Å²) in [6.45, 7) is -0.556. The molecule has 0 aliphatic rings. The molecule has 0 bridgehead atoms. The zero-order chi connectivity index (χ0) is 12.7. The Kier molecular flexibility index (Phi) is 5.39. The number of hydrogen-bond donors (Lipinski definition) is 0. The third kappa shape index (κ3) is 4.38. The Labute approximate surface area is 98.3 Å². The lowest BCUT2D eigenvalue weighted by molar-refractivity contribution is -0.107. The molecule has 5 heteroatoms. The maximum atomic E-state index is 12.1. The van der Waals surface area contributed by atoms with Gasteiger partial charge in [-0.3, -0.25) is 0 Å². The normalized spacial score (nSPS) is 10.4. The Morgan fingerprint density at radius 2 is 2.18 bits per heavy atom. The van der Waals surface area contributed by atoms with Crippen molar-refractivity contribution in [3.05, 3.63) is 23.8 Å². The molecule has 94 valence electrons. The van der Waals surface area contributed by atoms with Crippen LogP contribution >= 0.6 is 0 Å². The minimum Gasteiger partial charge on any atom is -0.494 e. The molecule has 0 heterocycles. The molecule has 0 saturated heterocycles. The molecule has 0 spiro atoms. The fourth-order valence-corrected chi connectivity index (χ4v) is 1.43. The summed E-state index contributed by atoms with van der Waals surface area (Å²) in [5.41, 5.74) is 0.545. The van der Waals surface area contributed by atoms with E-state index < -0.39 is 6.61 Å². The average Bonchev–Trinajstić information content (AvgIpc) is 2.29. The summed E-state index contributed by atoms with van der Waals surface area (Å²) in [6, 6.07) is 4.60. The molecule has 0 aliphatic carbocycles. The van der Waals surface area contributed by atoms with Gasteiger partial charge in [-0.15, -0.1) is 0 Å². The molecule has 0 atom stereocenters. The van der Waals surface area contributed by atoms with Crippen LogP contribution in [0.15, 0.2) is 18.2 Å². The first kappa shape index (κ1) is 13.4. The van der Waals surface area contributed by atoms with Gasteiger partial charge in [-0.05, 0) is 37.1 Å². The smallest absolute Gasteiger partial charge is 0.387 e. The lowest BCUT2D eigenvalue weighted by Crippen LogP contribution is -2.05. The minimum absolute atomic E-state index is 0.0882. The highest BCUT2D eigenvalue weighted by Crippen LogP contribution is 2.26. The van der Waals surface area contributed by atoms with E-state index in [4.69, 9.17) is 4.74 Å². The lowest BCUT2D eigenvalue weighted by Gasteiger charge is -2.12. The molecule has 0 amide bonds. The maximum absolute atomic E-state index is 12.1. The van der Waals surface area contributed by atoms with Gasteiger partial charge in [-0.1, -0.05) is 0 Å². The van der Waals surface area contributed by atoms with Gasteiger partial charge in [0.25, 0.3) is 0 Å². The van der Waals surface area contributed by atoms with E-state index in [0.29, 0.717) is 24.3 Å². The van der Waals surface area contributed by atoms with Crippen molar-refractivity contribution in [3.63, 3.8) is 0 Å². The Morgan fingerprint density at radius 3 is 2.76 bits per heavy atom. The van der Waals surface area contributed by atoms with Crippen molar-refractivity contribution in [2.45, 2.75) is 26.4 Å². The van der Waals surface area contributed by atoms with E-state index >= 15 is 0 Å². The molecule has 1 aromatic rings. The molecular weight excluding hydrogens is 230 g/mol. The number of benzene rings is 1. The van der Waals surface area contributed by atoms with Crippen molar-refractivity contribution in [2.24, 2.45) is 0 Å². The van der Waals surface area contributed by atoms with Crippen molar-refractivity contribution in [1.29, 1.82) is 0 Å². The van der Waals surface area contributed by atoms with Crippen molar-refractivity contribution >= 4 is 6.29 Å². The first-order chi connectivity index (χ1) is 8.17. The van der Waals surface area contributed by atoms with E-state index in [1.165, 1.54) is 6.07 Å². The SMILES string of the molecule is CCOc1ccc(OC(F)F)c(CCC=O)c1. The third-order valence-corrected chi connectivity index (χ3v) is 2.09. The number of aryl methyl sites for hydroxylation is 1. The molecule has 0 N–H and O–H groups in total. The van der Waals surface area contributed by atoms with E-state index in [-0.39, 0.29) is 12.2 Å². The third-order valence-electron chi connectivity index (χ3n) is 2.09. The molecule has 1 aromatic carbocycles. The summed E-state index contributed by atoms with van der Waals surface area (Å²) in [5.74, 6) is 0.667. The second kappa shape index (κ2) is 6.83. The van der Waals surface area contributed by atoms with Gasteiger partial charge in [0, 0.05) is 6.42 Å². The molecule has 1 rings (SSSR count). The molecule has 0 unspecified atom stereocenters. The Bertz CT molecular complexity index is 367. The van der Waals surface area contributed by atoms with Crippen LogP contribution in [0.25, 0.3) is 0 Å². The predicted molar refractivity (Wildman–Crippen MR) is 58.6 cm³/mol. The number of hydrogen-bond acceptors (Lipinski definition) is 3. The van der Waals surface area contributed by atoms with E-state index in [1.807, 2.05) is 6.92 Å². The monoisotopic (exact) mass is 244 g/mol. The quantitative estimate of drug-likeness (QED) is 0.692. The number of alkyl halides is 2. The van der Waals surface area contributed by atoms with Gasteiger partial charge in [0.15, 0.2) is 0 Å². The van der Waals surface area contributed by atoms with Crippen LogP contribution in [-0.2, 0) is 11.2 Å². The molecule has 0 saturated carbocycles. The fourth-order valence-electron chi connectivity index (χ4n) is 1.43. The number of ether oxygens (including phenoxy) is 2. The van der Waals surface area contributed by atoms with Crippen LogP contribution in [-0.4, -0.2) is 19.5 Å². The number of carbonyl (C=O) groups excluding carboxylic acids is 1. The number of carbonyl (C=O) groups is 1. The largest absolute Gasteiger partial charge is 0.494 e. The van der Waals surface area contributed by atoms with Gasteiger partial charge in [-0.25, -0.2) is 0 Å². The van der Waals surface area contributed by atoms with E-state index in [0.717, 1.165) is 6.29 Å². The summed E-state index contributed by atoms with van der Waals surface area (Å²) in [7, 11) is 0. The molecule has 0 fully saturated rings. The minimum atomic E-state index is -2.87. The number of halogens is 2. The van der Waals surface area contributed by atoms with Crippen molar-refractivity contribution < 1.29 is 23.0 Å². The van der Waals surface area contributed by atoms with Crippen LogP contribution in [0, 0.1) is 0 Å². The van der Waals surface area contributed by atoms with E-state index in [2.05, 4.69) is 4.74 Å². The Morgan fingerprint density at radius 1 is 1.41 bits per heavy atom. The van der Waals surface area contributed by atoms with Gasteiger partial charge in [0.1, 0.15) is 17.8 Å².